The first-order chi connectivity index (χ1) is 11.1. The van der Waals surface area contributed by atoms with E-state index in [-0.39, 0.29) is 16.9 Å². The first kappa shape index (κ1) is 16.8. The number of benzene rings is 1. The molecule has 0 fully saturated rings. The van der Waals surface area contributed by atoms with E-state index in [0.717, 1.165) is 18.9 Å². The molecule has 2 heterocycles. The number of aliphatic hydroxyl groups is 1. The van der Waals surface area contributed by atoms with E-state index in [0.29, 0.717) is 6.54 Å². The largest absolute Gasteiger partial charge is 0.418 e. The lowest BCUT2D eigenvalue weighted by Gasteiger charge is -2.09. The molecule has 8 heteroatoms. The Kier molecular flexibility index (Phi) is 5.17. The van der Waals surface area contributed by atoms with Crippen molar-refractivity contribution in [2.75, 3.05) is 12.4 Å². The molecule has 0 bridgehead atoms. The molecule has 0 aliphatic rings. The number of halogens is 3. The molecule has 0 spiro atoms. The average molecular weight is 324 g/mol. The topological polar surface area (TPSA) is 73.8 Å². The second-order valence-corrected chi connectivity index (χ2v) is 4.49. The highest BCUT2D eigenvalue weighted by Gasteiger charge is 2.35. The number of hydrogen-bond donors (Lipinski definition) is 3. The van der Waals surface area contributed by atoms with E-state index in [4.69, 9.17) is 5.11 Å². The summed E-state index contributed by atoms with van der Waals surface area (Å²) in [6.45, 7) is 0.384. The fourth-order valence-electron chi connectivity index (χ4n) is 2.10. The summed E-state index contributed by atoms with van der Waals surface area (Å²) in [6, 6.07) is 9.37. The van der Waals surface area contributed by atoms with Crippen molar-refractivity contribution in [3.63, 3.8) is 0 Å². The van der Waals surface area contributed by atoms with Crippen molar-refractivity contribution in [2.45, 2.75) is 12.7 Å². The van der Waals surface area contributed by atoms with Gasteiger partial charge in [-0.3, -0.25) is 0 Å². The van der Waals surface area contributed by atoms with Crippen LogP contribution in [0.2, 0.25) is 0 Å². The molecule has 0 atom stereocenters. The zero-order valence-corrected chi connectivity index (χ0v) is 12.2. The van der Waals surface area contributed by atoms with Crippen LogP contribution in [0.1, 0.15) is 11.1 Å². The zero-order chi connectivity index (χ0) is 16.9. The number of aromatic amines is 1. The molecule has 23 heavy (non-hydrogen) atoms. The smallest absolute Gasteiger partial charge is 0.400 e. The number of aliphatic hydroxyl groups excluding tert-OH is 1. The quantitative estimate of drug-likeness (QED) is 0.692. The van der Waals surface area contributed by atoms with Gasteiger partial charge in [0.2, 0.25) is 0 Å². The van der Waals surface area contributed by atoms with Gasteiger partial charge < -0.3 is 15.4 Å². The number of H-pyrrole nitrogens is 1. The van der Waals surface area contributed by atoms with Crippen LogP contribution in [0.4, 0.5) is 19.0 Å². The maximum absolute atomic E-state index is 13.0. The number of hydrogen-bond acceptors (Lipinski definition) is 4. The number of nitrogens with one attached hydrogen (secondary N) is 2. The molecule has 0 saturated carbocycles. The third-order valence-electron chi connectivity index (χ3n) is 3.08. The lowest BCUT2D eigenvalue weighted by molar-refractivity contribution is -0.136. The van der Waals surface area contributed by atoms with Gasteiger partial charge in [0.1, 0.15) is 17.8 Å². The minimum absolute atomic E-state index is 0.0408. The summed E-state index contributed by atoms with van der Waals surface area (Å²) >= 11 is 0. The Morgan fingerprint density at radius 1 is 1.13 bits per heavy atom. The molecule has 0 aliphatic carbocycles. The van der Waals surface area contributed by atoms with Crippen molar-refractivity contribution in [3.05, 3.63) is 54.0 Å². The van der Waals surface area contributed by atoms with Crippen LogP contribution in [-0.2, 0) is 12.7 Å². The molecule has 2 aromatic heterocycles. The Morgan fingerprint density at radius 3 is 2.48 bits per heavy atom. The molecule has 0 unspecified atom stereocenters. The van der Waals surface area contributed by atoms with Crippen LogP contribution in [0.3, 0.4) is 0 Å². The van der Waals surface area contributed by atoms with Gasteiger partial charge in [0.15, 0.2) is 0 Å². The Bertz CT molecular complexity index is 756. The summed E-state index contributed by atoms with van der Waals surface area (Å²) in [6.07, 6.45) is -2.31. The summed E-state index contributed by atoms with van der Waals surface area (Å²) in [5.74, 6) is 0.164. The molecule has 0 aliphatic heterocycles. The zero-order valence-electron chi connectivity index (χ0n) is 12.2. The van der Waals surface area contributed by atoms with Gasteiger partial charge in [-0.15, -0.1) is 0 Å². The normalized spacial score (nSPS) is 11.0. The monoisotopic (exact) mass is 324 g/mol. The molecule has 1 aromatic carbocycles. The van der Waals surface area contributed by atoms with Gasteiger partial charge in [-0.1, -0.05) is 30.3 Å². The number of aromatic nitrogens is 3. The number of alkyl halides is 3. The van der Waals surface area contributed by atoms with Gasteiger partial charge >= 0.3 is 6.18 Å². The highest BCUT2D eigenvalue weighted by molar-refractivity contribution is 5.90. The molecular formula is C15H15F3N4O. The van der Waals surface area contributed by atoms with Crippen LogP contribution < -0.4 is 5.32 Å². The summed E-state index contributed by atoms with van der Waals surface area (Å²) in [4.78, 5) is 10.3. The fraction of sp³-hybridized carbons (Fsp3) is 0.200. The summed E-state index contributed by atoms with van der Waals surface area (Å²) in [5, 5.41) is 9.89. The Hall–Kier alpha value is -2.61. The predicted octanol–water partition coefficient (Wildman–Crippen LogP) is 3.20. The van der Waals surface area contributed by atoms with Gasteiger partial charge in [0.25, 0.3) is 0 Å². The van der Waals surface area contributed by atoms with Crippen LogP contribution in [0.5, 0.6) is 0 Å². The van der Waals surface area contributed by atoms with Crippen molar-refractivity contribution >= 4 is 16.9 Å². The molecule has 3 rings (SSSR count). The minimum Gasteiger partial charge on any atom is -0.400 e. The Morgan fingerprint density at radius 2 is 1.83 bits per heavy atom. The van der Waals surface area contributed by atoms with Crippen LogP contribution in [0.25, 0.3) is 11.0 Å². The highest BCUT2D eigenvalue weighted by Crippen LogP contribution is 2.36. The predicted molar refractivity (Wildman–Crippen MR) is 80.8 cm³/mol. The van der Waals surface area contributed by atoms with Crippen molar-refractivity contribution < 1.29 is 18.3 Å². The third kappa shape index (κ3) is 3.78. The van der Waals surface area contributed by atoms with Crippen molar-refractivity contribution in [2.24, 2.45) is 0 Å². The maximum Gasteiger partial charge on any atom is 0.418 e. The maximum atomic E-state index is 13.0. The molecule has 0 amide bonds. The van der Waals surface area contributed by atoms with E-state index in [1.807, 2.05) is 30.3 Å². The molecule has 3 aromatic rings. The third-order valence-corrected chi connectivity index (χ3v) is 3.08. The first-order valence-electron chi connectivity index (χ1n) is 6.67. The van der Waals surface area contributed by atoms with Gasteiger partial charge in [-0.05, 0) is 5.56 Å². The van der Waals surface area contributed by atoms with Crippen LogP contribution >= 0.6 is 0 Å². The molecule has 122 valence electrons. The Balaban J connectivity index is 0.000000924. The first-order valence-corrected chi connectivity index (χ1v) is 6.67. The fourth-order valence-corrected chi connectivity index (χ4v) is 2.10. The van der Waals surface area contributed by atoms with Gasteiger partial charge in [0.05, 0.1) is 10.9 Å². The van der Waals surface area contributed by atoms with E-state index < -0.39 is 11.7 Å². The van der Waals surface area contributed by atoms with Gasteiger partial charge in [0, 0.05) is 19.9 Å². The van der Waals surface area contributed by atoms with Crippen molar-refractivity contribution in [1.82, 2.24) is 15.0 Å². The summed E-state index contributed by atoms with van der Waals surface area (Å²) in [7, 11) is 1.00. The van der Waals surface area contributed by atoms with E-state index in [1.54, 1.807) is 0 Å². The number of rotatable bonds is 3. The van der Waals surface area contributed by atoms with Gasteiger partial charge in [-0.2, -0.15) is 13.2 Å². The molecule has 5 nitrogen and oxygen atoms in total. The van der Waals surface area contributed by atoms with E-state index in [9.17, 15) is 13.2 Å². The van der Waals surface area contributed by atoms with Crippen molar-refractivity contribution in [1.29, 1.82) is 0 Å². The average Bonchev–Trinajstić information content (AvgIpc) is 3.01. The van der Waals surface area contributed by atoms with E-state index in [2.05, 4.69) is 20.3 Å². The summed E-state index contributed by atoms with van der Waals surface area (Å²) in [5.41, 5.74) is 0.343. The second kappa shape index (κ2) is 7.10. The SMILES string of the molecule is CO.FC(F)(F)c1c[nH]c2ncnc(NCc3ccccc3)c12. The number of fused-ring (bicyclic) bond motifs is 1. The van der Waals surface area contributed by atoms with E-state index in [1.165, 1.54) is 6.33 Å². The molecule has 0 saturated heterocycles. The molecule has 0 radical (unpaired) electrons. The standard InChI is InChI=1S/C14H11F3N4.CH4O/c15-14(16,17)10-7-19-13-11(10)12(20-8-21-13)18-6-9-4-2-1-3-5-9;1-2/h1-5,7-8H,6H2,(H2,18,19,20,21);2H,1H3. The number of anilines is 1. The highest BCUT2D eigenvalue weighted by atomic mass is 19.4. The van der Waals surface area contributed by atoms with Crippen LogP contribution in [0, 0.1) is 0 Å². The van der Waals surface area contributed by atoms with Crippen molar-refractivity contribution in [3.8, 4) is 0 Å². The Labute approximate surface area is 130 Å². The lowest BCUT2D eigenvalue weighted by Crippen LogP contribution is -2.07. The van der Waals surface area contributed by atoms with Crippen LogP contribution in [0.15, 0.2) is 42.9 Å². The van der Waals surface area contributed by atoms with Gasteiger partial charge in [-0.25, -0.2) is 9.97 Å². The second-order valence-electron chi connectivity index (χ2n) is 4.49. The minimum atomic E-state index is -4.45. The number of nitrogens with zero attached hydrogens (tertiary/aromatic N) is 2. The van der Waals surface area contributed by atoms with Crippen LogP contribution in [-0.4, -0.2) is 27.2 Å². The van der Waals surface area contributed by atoms with E-state index >= 15 is 0 Å². The molecule has 3 N–H and O–H groups in total. The molecular weight excluding hydrogens is 309 g/mol. The summed E-state index contributed by atoms with van der Waals surface area (Å²) < 4.78 is 39.0. The lowest BCUT2D eigenvalue weighted by atomic mass is 10.2.